The average molecular weight is 303 g/mol. The fourth-order valence-electron chi connectivity index (χ4n) is 1.96. The second kappa shape index (κ2) is 5.97. The van der Waals surface area contributed by atoms with Crippen LogP contribution < -0.4 is 5.32 Å². The lowest BCUT2D eigenvalue weighted by Crippen LogP contribution is -1.99. The van der Waals surface area contributed by atoms with Crippen LogP contribution in [-0.2, 0) is 6.54 Å². The van der Waals surface area contributed by atoms with Gasteiger partial charge in [-0.25, -0.2) is 9.37 Å². The molecule has 3 aromatic rings. The summed E-state index contributed by atoms with van der Waals surface area (Å²) in [6.07, 6.45) is 3.07. The minimum absolute atomic E-state index is 0.134. The Morgan fingerprint density at radius 2 is 1.95 bits per heavy atom. The lowest BCUT2D eigenvalue weighted by atomic mass is 10.1. The van der Waals surface area contributed by atoms with Crippen molar-refractivity contribution in [2.75, 3.05) is 5.32 Å². The van der Waals surface area contributed by atoms with E-state index in [0.29, 0.717) is 6.54 Å². The van der Waals surface area contributed by atoms with Gasteiger partial charge in [0.05, 0.1) is 11.2 Å². The Morgan fingerprint density at radius 3 is 2.62 bits per heavy atom. The largest absolute Gasteiger partial charge is 0.444 e. The first-order chi connectivity index (χ1) is 10.2. The number of halogens is 2. The van der Waals surface area contributed by atoms with Crippen LogP contribution in [0.25, 0.3) is 11.3 Å². The highest BCUT2D eigenvalue weighted by Gasteiger charge is 2.03. The van der Waals surface area contributed by atoms with Crippen LogP contribution in [0.2, 0.25) is 5.02 Å². The highest BCUT2D eigenvalue weighted by atomic mass is 35.5. The molecule has 0 atom stereocenters. The molecule has 0 amide bonds. The number of aromatic nitrogens is 1. The molecule has 0 aliphatic heterocycles. The Labute approximate surface area is 126 Å². The first-order valence-electron chi connectivity index (χ1n) is 6.39. The third-order valence-corrected chi connectivity index (χ3v) is 3.37. The standard InChI is InChI=1S/C16H12ClFN2O/c17-14-7-11(1-6-15(14)18)8-20-13-4-2-12(3-5-13)16-9-19-10-21-16/h1-7,9-10,20H,8H2. The molecular weight excluding hydrogens is 291 g/mol. The molecule has 3 rings (SSSR count). The van der Waals surface area contributed by atoms with Crippen LogP contribution in [-0.4, -0.2) is 4.98 Å². The van der Waals surface area contributed by atoms with Gasteiger partial charge < -0.3 is 9.73 Å². The van der Waals surface area contributed by atoms with Gasteiger partial charge in [-0.15, -0.1) is 0 Å². The molecule has 21 heavy (non-hydrogen) atoms. The van der Waals surface area contributed by atoms with E-state index in [1.54, 1.807) is 18.3 Å². The van der Waals surface area contributed by atoms with Crippen LogP contribution in [0.4, 0.5) is 10.1 Å². The third kappa shape index (κ3) is 3.23. The molecule has 0 aliphatic carbocycles. The van der Waals surface area contributed by atoms with Gasteiger partial charge in [-0.1, -0.05) is 17.7 Å². The van der Waals surface area contributed by atoms with E-state index < -0.39 is 5.82 Å². The van der Waals surface area contributed by atoms with Crippen LogP contribution >= 0.6 is 11.6 Å². The van der Waals surface area contributed by atoms with Crippen molar-refractivity contribution >= 4 is 17.3 Å². The SMILES string of the molecule is Fc1ccc(CNc2ccc(-c3cnco3)cc2)cc1Cl. The maximum atomic E-state index is 13.1. The Balaban J connectivity index is 1.66. The van der Waals surface area contributed by atoms with Gasteiger partial charge in [0.15, 0.2) is 12.2 Å². The number of hydrogen-bond donors (Lipinski definition) is 1. The van der Waals surface area contributed by atoms with E-state index >= 15 is 0 Å². The Bertz CT molecular complexity index is 727. The molecule has 0 spiro atoms. The minimum Gasteiger partial charge on any atom is -0.444 e. The summed E-state index contributed by atoms with van der Waals surface area (Å²) in [4.78, 5) is 3.89. The van der Waals surface area contributed by atoms with Crippen molar-refractivity contribution in [2.45, 2.75) is 6.54 Å². The monoisotopic (exact) mass is 302 g/mol. The van der Waals surface area contributed by atoms with Gasteiger partial charge in [-0.3, -0.25) is 0 Å². The Morgan fingerprint density at radius 1 is 1.14 bits per heavy atom. The minimum atomic E-state index is -0.406. The van der Waals surface area contributed by atoms with Gasteiger partial charge in [0, 0.05) is 17.8 Å². The van der Waals surface area contributed by atoms with Gasteiger partial charge >= 0.3 is 0 Å². The second-order valence-electron chi connectivity index (χ2n) is 4.55. The molecule has 2 aromatic carbocycles. The number of hydrogen-bond acceptors (Lipinski definition) is 3. The van der Waals surface area contributed by atoms with Crippen molar-refractivity contribution in [1.29, 1.82) is 0 Å². The number of rotatable bonds is 4. The summed E-state index contributed by atoms with van der Waals surface area (Å²) < 4.78 is 18.3. The van der Waals surface area contributed by atoms with Crippen molar-refractivity contribution in [2.24, 2.45) is 0 Å². The summed E-state index contributed by atoms with van der Waals surface area (Å²) in [7, 11) is 0. The topological polar surface area (TPSA) is 38.1 Å². The average Bonchev–Trinajstić information content (AvgIpc) is 3.03. The highest BCUT2D eigenvalue weighted by molar-refractivity contribution is 6.30. The molecule has 1 aromatic heterocycles. The molecule has 3 nitrogen and oxygen atoms in total. The zero-order valence-electron chi connectivity index (χ0n) is 11.0. The van der Waals surface area contributed by atoms with Gasteiger partial charge in [-0.2, -0.15) is 0 Å². The van der Waals surface area contributed by atoms with Crippen LogP contribution in [0.5, 0.6) is 0 Å². The zero-order chi connectivity index (χ0) is 14.7. The molecule has 0 aliphatic rings. The van der Waals surface area contributed by atoms with Crippen molar-refractivity contribution < 1.29 is 8.81 Å². The second-order valence-corrected chi connectivity index (χ2v) is 4.95. The fraction of sp³-hybridized carbons (Fsp3) is 0.0625. The molecule has 5 heteroatoms. The smallest absolute Gasteiger partial charge is 0.181 e. The van der Waals surface area contributed by atoms with Crippen molar-refractivity contribution in [3.63, 3.8) is 0 Å². The van der Waals surface area contributed by atoms with E-state index in [-0.39, 0.29) is 5.02 Å². The molecule has 0 bridgehead atoms. The van der Waals surface area contributed by atoms with Crippen molar-refractivity contribution in [1.82, 2.24) is 4.98 Å². The zero-order valence-corrected chi connectivity index (χ0v) is 11.8. The van der Waals surface area contributed by atoms with E-state index in [9.17, 15) is 4.39 Å². The Hall–Kier alpha value is -2.33. The predicted octanol–water partition coefficient (Wildman–Crippen LogP) is 4.75. The van der Waals surface area contributed by atoms with E-state index in [1.807, 2.05) is 24.3 Å². The van der Waals surface area contributed by atoms with Crippen molar-refractivity contribution in [3.05, 3.63) is 71.5 Å². The molecule has 0 radical (unpaired) electrons. The number of anilines is 1. The number of nitrogens with zero attached hydrogens (tertiary/aromatic N) is 1. The summed E-state index contributed by atoms with van der Waals surface area (Å²) in [5.74, 6) is 0.323. The van der Waals surface area contributed by atoms with E-state index in [1.165, 1.54) is 12.5 Å². The summed E-state index contributed by atoms with van der Waals surface area (Å²) in [6.45, 7) is 0.571. The molecule has 0 saturated heterocycles. The lowest BCUT2D eigenvalue weighted by molar-refractivity contribution is 0.572. The molecule has 1 heterocycles. The molecule has 0 unspecified atom stereocenters. The van der Waals surface area contributed by atoms with Crippen LogP contribution in [0, 0.1) is 5.82 Å². The van der Waals surface area contributed by atoms with Crippen molar-refractivity contribution in [3.8, 4) is 11.3 Å². The van der Waals surface area contributed by atoms with Gasteiger partial charge in [0.1, 0.15) is 5.82 Å². The molecule has 0 saturated carbocycles. The highest BCUT2D eigenvalue weighted by Crippen LogP contribution is 2.21. The summed E-state index contributed by atoms with van der Waals surface area (Å²) >= 11 is 5.75. The predicted molar refractivity (Wildman–Crippen MR) is 80.7 cm³/mol. The summed E-state index contributed by atoms with van der Waals surface area (Å²) in [6, 6.07) is 12.5. The molecule has 1 N–H and O–H groups in total. The van der Waals surface area contributed by atoms with Gasteiger partial charge in [0.2, 0.25) is 0 Å². The van der Waals surface area contributed by atoms with E-state index in [0.717, 1.165) is 22.6 Å². The first kappa shape index (κ1) is 13.6. The molecule has 106 valence electrons. The lowest BCUT2D eigenvalue weighted by Gasteiger charge is -2.07. The molecule has 0 fully saturated rings. The maximum Gasteiger partial charge on any atom is 0.181 e. The van der Waals surface area contributed by atoms with Gasteiger partial charge in [0.25, 0.3) is 0 Å². The summed E-state index contributed by atoms with van der Waals surface area (Å²) in [5.41, 5.74) is 2.84. The van der Waals surface area contributed by atoms with Crippen LogP contribution in [0.1, 0.15) is 5.56 Å². The quantitative estimate of drug-likeness (QED) is 0.756. The number of nitrogens with one attached hydrogen (secondary N) is 1. The summed E-state index contributed by atoms with van der Waals surface area (Å²) in [5, 5.41) is 3.39. The first-order valence-corrected chi connectivity index (χ1v) is 6.77. The fourth-order valence-corrected chi connectivity index (χ4v) is 2.17. The third-order valence-electron chi connectivity index (χ3n) is 3.08. The number of benzene rings is 2. The maximum absolute atomic E-state index is 13.1. The van der Waals surface area contributed by atoms with Crippen LogP contribution in [0.15, 0.2) is 59.5 Å². The van der Waals surface area contributed by atoms with Crippen LogP contribution in [0.3, 0.4) is 0 Å². The van der Waals surface area contributed by atoms with E-state index in [2.05, 4.69) is 10.3 Å². The normalized spacial score (nSPS) is 10.6. The van der Waals surface area contributed by atoms with Gasteiger partial charge in [-0.05, 0) is 42.0 Å². The molecular formula is C16H12ClFN2O. The van der Waals surface area contributed by atoms with E-state index in [4.69, 9.17) is 16.0 Å². The Kier molecular flexibility index (Phi) is 3.88. The number of oxazole rings is 1.